The molecule has 0 fully saturated rings. The molecule has 0 spiro atoms. The SMILES string of the molecule is Cc1ccc(-c2cc(-c3ccc(C)cc3)c(B3c4cc(C(C)(C)C)ccc4-n4c5ccc(C(C)(C)C)cc5c5cc(C(C)(C)C)cc3c54)c(-c3ccc(C)cc3)c2)cc1. The molecule has 0 bridgehead atoms. The van der Waals surface area contributed by atoms with Crippen LogP contribution in [0.15, 0.2) is 133 Å². The maximum atomic E-state index is 2.61. The first-order valence-electron chi connectivity index (χ1n) is 21.5. The van der Waals surface area contributed by atoms with Gasteiger partial charge in [0.15, 0.2) is 0 Å². The Morgan fingerprint density at radius 1 is 0.390 bits per heavy atom. The summed E-state index contributed by atoms with van der Waals surface area (Å²) >= 11 is 0. The Bertz CT molecular complexity index is 2850. The quantitative estimate of drug-likeness (QED) is 0.157. The molecule has 0 aliphatic carbocycles. The van der Waals surface area contributed by atoms with E-state index in [4.69, 9.17) is 0 Å². The van der Waals surface area contributed by atoms with Gasteiger partial charge in [0.2, 0.25) is 6.71 Å². The van der Waals surface area contributed by atoms with E-state index < -0.39 is 0 Å². The number of fused-ring (bicyclic) bond motifs is 5. The maximum Gasteiger partial charge on any atom is 0.248 e. The Morgan fingerprint density at radius 2 is 0.831 bits per heavy atom. The van der Waals surface area contributed by atoms with Gasteiger partial charge in [-0.2, -0.15) is 0 Å². The monoisotopic (exact) mass is 767 g/mol. The van der Waals surface area contributed by atoms with E-state index in [1.807, 2.05) is 0 Å². The molecule has 0 unspecified atom stereocenters. The van der Waals surface area contributed by atoms with Crippen LogP contribution in [-0.2, 0) is 16.2 Å². The van der Waals surface area contributed by atoms with E-state index in [2.05, 4.69) is 221 Å². The fourth-order valence-corrected chi connectivity index (χ4v) is 9.30. The van der Waals surface area contributed by atoms with Crippen LogP contribution in [0.25, 0.3) is 60.9 Å². The summed E-state index contributed by atoms with van der Waals surface area (Å²) in [4.78, 5) is 0. The summed E-state index contributed by atoms with van der Waals surface area (Å²) in [5.41, 5.74) is 23.3. The molecule has 2 heterocycles. The van der Waals surface area contributed by atoms with Gasteiger partial charge in [-0.25, -0.2) is 0 Å². The number of rotatable bonds is 4. The molecular weight excluding hydrogens is 709 g/mol. The van der Waals surface area contributed by atoms with Gasteiger partial charge in [-0.15, -0.1) is 0 Å². The van der Waals surface area contributed by atoms with Crippen molar-refractivity contribution in [2.24, 2.45) is 0 Å². The van der Waals surface area contributed by atoms with E-state index in [-0.39, 0.29) is 23.0 Å². The molecule has 1 aliphatic rings. The summed E-state index contributed by atoms with van der Waals surface area (Å²) in [7, 11) is 0. The minimum absolute atomic E-state index is 0.0282. The van der Waals surface area contributed by atoms with Crippen LogP contribution in [0.5, 0.6) is 0 Å². The third kappa shape index (κ3) is 6.75. The van der Waals surface area contributed by atoms with E-state index >= 15 is 0 Å². The Balaban J connectivity index is 1.50. The fraction of sp³-hybridized carbons (Fsp3) is 0.263. The summed E-state index contributed by atoms with van der Waals surface area (Å²) in [6, 6.07) is 52.2. The van der Waals surface area contributed by atoms with Crippen LogP contribution in [0.2, 0.25) is 0 Å². The van der Waals surface area contributed by atoms with Gasteiger partial charge in [0, 0.05) is 22.0 Å². The van der Waals surface area contributed by atoms with Crippen LogP contribution >= 0.6 is 0 Å². The molecule has 8 aromatic rings. The Labute approximate surface area is 353 Å². The van der Waals surface area contributed by atoms with E-state index in [1.54, 1.807) is 0 Å². The molecule has 1 aromatic heterocycles. The van der Waals surface area contributed by atoms with E-state index in [0.717, 1.165) is 0 Å². The molecule has 0 saturated carbocycles. The lowest BCUT2D eigenvalue weighted by Crippen LogP contribution is -2.57. The van der Waals surface area contributed by atoms with Gasteiger partial charge < -0.3 is 4.57 Å². The summed E-state index contributed by atoms with van der Waals surface area (Å²) in [6.07, 6.45) is 0. The first-order valence-corrected chi connectivity index (χ1v) is 21.5. The molecule has 0 N–H and O–H groups in total. The predicted molar refractivity (Wildman–Crippen MR) is 258 cm³/mol. The number of aromatic nitrogens is 1. The third-order valence-electron chi connectivity index (χ3n) is 13.0. The molecule has 9 rings (SSSR count). The van der Waals surface area contributed by atoms with Crippen LogP contribution in [0.3, 0.4) is 0 Å². The van der Waals surface area contributed by atoms with Crippen molar-refractivity contribution in [3.8, 4) is 39.1 Å². The van der Waals surface area contributed by atoms with Crippen molar-refractivity contribution in [3.63, 3.8) is 0 Å². The lowest BCUT2D eigenvalue weighted by Gasteiger charge is -2.33. The second-order valence-electron chi connectivity index (χ2n) is 20.6. The van der Waals surface area contributed by atoms with Crippen LogP contribution in [0.4, 0.5) is 0 Å². The van der Waals surface area contributed by atoms with Crippen LogP contribution in [0.1, 0.15) is 95.7 Å². The number of hydrogen-bond acceptors (Lipinski definition) is 0. The van der Waals surface area contributed by atoms with Gasteiger partial charge in [0.25, 0.3) is 0 Å². The zero-order valence-electron chi connectivity index (χ0n) is 37.2. The van der Waals surface area contributed by atoms with Gasteiger partial charge >= 0.3 is 0 Å². The van der Waals surface area contributed by atoms with Crippen molar-refractivity contribution >= 4 is 44.9 Å². The van der Waals surface area contributed by atoms with Crippen molar-refractivity contribution in [2.45, 2.75) is 99.3 Å². The molecule has 0 radical (unpaired) electrons. The van der Waals surface area contributed by atoms with Gasteiger partial charge in [0.05, 0.1) is 5.52 Å². The first-order chi connectivity index (χ1) is 27.9. The van der Waals surface area contributed by atoms with Crippen molar-refractivity contribution in [2.75, 3.05) is 0 Å². The number of benzene rings is 7. The molecule has 0 atom stereocenters. The Morgan fingerprint density at radius 3 is 1.34 bits per heavy atom. The zero-order chi connectivity index (χ0) is 41.8. The molecule has 0 amide bonds. The molecule has 294 valence electrons. The molecule has 0 saturated heterocycles. The smallest absolute Gasteiger partial charge is 0.248 e. The summed E-state index contributed by atoms with van der Waals surface area (Å²) in [5.74, 6) is 0. The van der Waals surface area contributed by atoms with Gasteiger partial charge in [0.1, 0.15) is 0 Å². The van der Waals surface area contributed by atoms with E-state index in [1.165, 1.54) is 111 Å². The molecule has 1 aliphatic heterocycles. The number of aryl methyl sites for hydroxylation is 3. The standard InChI is InChI=1S/C57H58BN/c1-35-13-19-38(20-14-35)41-29-45(39-21-15-36(2)16-22-39)53(46(30-41)40-23-17-37(3)18-24-40)58-49-33-43(56(7,8)9)26-28-52(49)59-51-27-25-42(55(4,5)6)31-47(51)48-32-44(57(10,11)12)34-50(58)54(48)59/h13-34H,1-12H3. The van der Waals surface area contributed by atoms with E-state index in [9.17, 15) is 0 Å². The van der Waals surface area contributed by atoms with Crippen molar-refractivity contribution < 1.29 is 0 Å². The number of nitrogens with zero attached hydrogens (tertiary/aromatic N) is 1. The highest BCUT2D eigenvalue weighted by Crippen LogP contribution is 2.41. The lowest BCUT2D eigenvalue weighted by atomic mass is 9.33. The Kier molecular flexibility index (Phi) is 9.06. The average molecular weight is 768 g/mol. The normalized spacial score (nSPS) is 13.1. The molecule has 2 heteroatoms. The zero-order valence-corrected chi connectivity index (χ0v) is 37.2. The van der Waals surface area contributed by atoms with Gasteiger partial charge in [-0.1, -0.05) is 182 Å². The van der Waals surface area contributed by atoms with Crippen molar-refractivity contribution in [1.29, 1.82) is 0 Å². The van der Waals surface area contributed by atoms with Crippen molar-refractivity contribution in [1.82, 2.24) is 4.57 Å². The molecule has 7 aromatic carbocycles. The largest absolute Gasteiger partial charge is 0.310 e. The predicted octanol–water partition coefficient (Wildman–Crippen LogP) is 13.4. The average Bonchev–Trinajstić information content (AvgIpc) is 3.52. The highest BCUT2D eigenvalue weighted by molar-refractivity contribution is 6.99. The highest BCUT2D eigenvalue weighted by atomic mass is 15.0. The van der Waals surface area contributed by atoms with Crippen LogP contribution < -0.4 is 16.4 Å². The maximum absolute atomic E-state index is 2.61. The molecular formula is C57H58BN. The summed E-state index contributed by atoms with van der Waals surface area (Å²) in [5, 5.41) is 2.67. The Hall–Kier alpha value is -5.60. The summed E-state index contributed by atoms with van der Waals surface area (Å²) in [6.45, 7) is 27.7. The van der Waals surface area contributed by atoms with Crippen LogP contribution in [-0.4, -0.2) is 11.3 Å². The minimum atomic E-state index is -0.0618. The van der Waals surface area contributed by atoms with Crippen molar-refractivity contribution in [3.05, 3.63) is 167 Å². The molecule has 1 nitrogen and oxygen atoms in total. The van der Waals surface area contributed by atoms with Gasteiger partial charge in [-0.3, -0.25) is 0 Å². The fourth-order valence-electron chi connectivity index (χ4n) is 9.30. The molecule has 59 heavy (non-hydrogen) atoms. The third-order valence-corrected chi connectivity index (χ3v) is 13.0. The van der Waals surface area contributed by atoms with Gasteiger partial charge in [-0.05, 0) is 134 Å². The second kappa shape index (κ2) is 13.7. The number of hydrogen-bond donors (Lipinski definition) is 0. The van der Waals surface area contributed by atoms with Crippen LogP contribution in [0, 0.1) is 20.8 Å². The summed E-state index contributed by atoms with van der Waals surface area (Å²) < 4.78 is 2.61. The second-order valence-corrected chi connectivity index (χ2v) is 20.6. The minimum Gasteiger partial charge on any atom is -0.310 e. The van der Waals surface area contributed by atoms with E-state index in [0.29, 0.717) is 0 Å². The topological polar surface area (TPSA) is 4.93 Å². The first kappa shape index (κ1) is 38.9. The highest BCUT2D eigenvalue weighted by Gasteiger charge is 2.39. The lowest BCUT2D eigenvalue weighted by molar-refractivity contribution is 0.590.